The molecule has 0 saturated carbocycles. The van der Waals surface area contributed by atoms with Crippen molar-refractivity contribution >= 4 is 56.7 Å². The zero-order valence-corrected chi connectivity index (χ0v) is 13.3. The molecule has 2 heterocycles. The molecular weight excluding hydrogens is 320 g/mol. The highest BCUT2D eigenvalue weighted by molar-refractivity contribution is 8.26. The summed E-state index contributed by atoms with van der Waals surface area (Å²) in [6, 6.07) is 7.80. The van der Waals surface area contributed by atoms with Crippen LogP contribution in [0.2, 0.25) is 0 Å². The van der Waals surface area contributed by atoms with E-state index in [9.17, 15) is 9.59 Å². The van der Waals surface area contributed by atoms with E-state index in [1.807, 2.05) is 37.4 Å². The van der Waals surface area contributed by atoms with Gasteiger partial charge >= 0.3 is 5.97 Å². The Morgan fingerprint density at radius 3 is 2.86 bits per heavy atom. The quantitative estimate of drug-likeness (QED) is 0.668. The number of aromatic nitrogens is 1. The number of hydrogen-bond donors (Lipinski definition) is 2. The summed E-state index contributed by atoms with van der Waals surface area (Å²) in [5.41, 5.74) is 2.70. The topological polar surface area (TPSA) is 73.4 Å². The normalized spacial score (nSPS) is 17.4. The van der Waals surface area contributed by atoms with Gasteiger partial charge in [0.25, 0.3) is 5.91 Å². The third-order valence-electron chi connectivity index (χ3n) is 3.48. The number of rotatable bonds is 3. The van der Waals surface area contributed by atoms with Crippen molar-refractivity contribution in [2.45, 2.75) is 6.92 Å². The van der Waals surface area contributed by atoms with Crippen LogP contribution in [0.1, 0.15) is 12.5 Å². The van der Waals surface area contributed by atoms with Crippen LogP contribution in [0.15, 0.2) is 35.4 Å². The molecule has 7 heteroatoms. The van der Waals surface area contributed by atoms with Gasteiger partial charge in [0.05, 0.1) is 4.91 Å². The van der Waals surface area contributed by atoms with Crippen molar-refractivity contribution in [1.29, 1.82) is 0 Å². The van der Waals surface area contributed by atoms with Crippen LogP contribution in [0.25, 0.3) is 16.5 Å². The number of aromatic amines is 1. The van der Waals surface area contributed by atoms with Crippen LogP contribution in [-0.4, -0.2) is 37.7 Å². The Morgan fingerprint density at radius 1 is 1.41 bits per heavy atom. The number of carbonyl (C=O) groups excluding carboxylic acids is 1. The van der Waals surface area contributed by atoms with Crippen molar-refractivity contribution in [3.05, 3.63) is 40.9 Å². The molecule has 2 N–H and O–H groups in total. The fourth-order valence-corrected chi connectivity index (χ4v) is 3.69. The molecule has 0 aliphatic carbocycles. The van der Waals surface area contributed by atoms with Gasteiger partial charge in [0.2, 0.25) is 0 Å². The van der Waals surface area contributed by atoms with Crippen LogP contribution >= 0.6 is 24.0 Å². The maximum absolute atomic E-state index is 12.4. The van der Waals surface area contributed by atoms with E-state index < -0.39 is 12.5 Å². The second-order valence-corrected chi connectivity index (χ2v) is 6.50. The number of hydrogen-bond acceptors (Lipinski definition) is 4. The van der Waals surface area contributed by atoms with Gasteiger partial charge in [-0.3, -0.25) is 14.5 Å². The molecule has 1 fully saturated rings. The van der Waals surface area contributed by atoms with Gasteiger partial charge in [-0.15, -0.1) is 0 Å². The van der Waals surface area contributed by atoms with Crippen LogP contribution in [-0.2, 0) is 9.59 Å². The van der Waals surface area contributed by atoms with Crippen molar-refractivity contribution < 1.29 is 14.7 Å². The van der Waals surface area contributed by atoms with Gasteiger partial charge in [-0.1, -0.05) is 42.2 Å². The molecule has 2 aromatic rings. The molecule has 0 bridgehead atoms. The van der Waals surface area contributed by atoms with E-state index in [0.717, 1.165) is 38.7 Å². The molecule has 1 saturated heterocycles. The van der Waals surface area contributed by atoms with E-state index in [1.165, 1.54) is 0 Å². The number of H-pyrrole nitrogens is 1. The lowest BCUT2D eigenvalue weighted by Gasteiger charge is -2.10. The van der Waals surface area contributed by atoms with Crippen molar-refractivity contribution in [1.82, 2.24) is 9.88 Å². The zero-order valence-electron chi connectivity index (χ0n) is 11.6. The molecule has 5 nitrogen and oxygen atoms in total. The number of amides is 1. The van der Waals surface area contributed by atoms with Gasteiger partial charge in [0.1, 0.15) is 10.9 Å². The number of carboxylic acid groups (broad SMARTS) is 1. The average molecular weight is 332 g/mol. The molecule has 0 atom stereocenters. The van der Waals surface area contributed by atoms with E-state index in [-0.39, 0.29) is 10.2 Å². The van der Waals surface area contributed by atoms with Gasteiger partial charge < -0.3 is 10.1 Å². The fraction of sp³-hybridized carbons (Fsp3) is 0.133. The minimum absolute atomic E-state index is 0.279. The number of allylic oxidation sites excluding steroid dienone is 1. The number of aliphatic carboxylic acids is 1. The number of thioether (sulfide) groups is 1. The Kier molecular flexibility index (Phi) is 3.76. The number of carbonyl (C=O) groups is 2. The summed E-state index contributed by atoms with van der Waals surface area (Å²) in [4.78, 5) is 28.0. The number of carboxylic acids is 1. The van der Waals surface area contributed by atoms with Gasteiger partial charge in [0, 0.05) is 22.7 Å². The predicted molar refractivity (Wildman–Crippen MR) is 90.4 cm³/mol. The molecule has 1 amide bonds. The second-order valence-electron chi connectivity index (χ2n) is 4.86. The average Bonchev–Trinajstić information content (AvgIpc) is 3.03. The van der Waals surface area contributed by atoms with E-state index in [1.54, 1.807) is 0 Å². The molecule has 22 heavy (non-hydrogen) atoms. The lowest BCUT2D eigenvalue weighted by Crippen LogP contribution is -2.33. The minimum atomic E-state index is -1.08. The van der Waals surface area contributed by atoms with Crippen LogP contribution in [0, 0.1) is 0 Å². The highest BCUT2D eigenvalue weighted by atomic mass is 32.2. The standard InChI is InChI=1S/C15H12N2O3S2/c1-8(10-6-16-11-5-3-2-4-9(10)11)13-14(20)17(7-12(18)19)15(21)22-13/h2-6,16H,7H2,1H3,(H,18,19). The first-order chi connectivity index (χ1) is 10.5. The van der Waals surface area contributed by atoms with E-state index in [0.29, 0.717) is 4.91 Å². The Hall–Kier alpha value is -2.12. The number of benzene rings is 1. The molecule has 3 rings (SSSR count). The third kappa shape index (κ3) is 2.42. The highest BCUT2D eigenvalue weighted by Gasteiger charge is 2.35. The summed E-state index contributed by atoms with van der Waals surface area (Å²) in [5, 5.41) is 9.89. The van der Waals surface area contributed by atoms with Crippen LogP contribution < -0.4 is 0 Å². The number of fused-ring (bicyclic) bond motifs is 1. The maximum atomic E-state index is 12.4. The van der Waals surface area contributed by atoms with Crippen molar-refractivity contribution in [3.63, 3.8) is 0 Å². The van der Waals surface area contributed by atoms with E-state index >= 15 is 0 Å². The molecule has 1 aromatic heterocycles. The first kappa shape index (κ1) is 14.8. The van der Waals surface area contributed by atoms with Crippen LogP contribution in [0.4, 0.5) is 0 Å². The molecule has 1 aromatic carbocycles. The molecule has 112 valence electrons. The van der Waals surface area contributed by atoms with Gasteiger partial charge in [-0.25, -0.2) is 0 Å². The number of para-hydroxylation sites is 1. The summed E-state index contributed by atoms with van der Waals surface area (Å²) in [5.74, 6) is -1.43. The summed E-state index contributed by atoms with van der Waals surface area (Å²) in [7, 11) is 0. The molecule has 1 aliphatic rings. The third-order valence-corrected chi connectivity index (χ3v) is 5.03. The zero-order chi connectivity index (χ0) is 15.9. The SMILES string of the molecule is CC(=C1SC(=S)N(CC(=O)O)C1=O)c1c[nH]c2ccccc12. The van der Waals surface area contributed by atoms with Gasteiger partial charge in [-0.05, 0) is 18.6 Å². The van der Waals surface area contributed by atoms with Crippen LogP contribution in [0.5, 0.6) is 0 Å². The number of thiocarbonyl (C=S) groups is 1. The first-order valence-corrected chi connectivity index (χ1v) is 7.74. The number of nitrogens with zero attached hydrogens (tertiary/aromatic N) is 1. The lowest BCUT2D eigenvalue weighted by molar-refractivity contribution is -0.140. The molecule has 0 radical (unpaired) electrons. The monoisotopic (exact) mass is 332 g/mol. The smallest absolute Gasteiger partial charge is 0.323 e. The molecule has 0 spiro atoms. The highest BCUT2D eigenvalue weighted by Crippen LogP contribution is 2.38. The Morgan fingerprint density at radius 2 is 2.14 bits per heavy atom. The molecular formula is C15H12N2O3S2. The maximum Gasteiger partial charge on any atom is 0.323 e. The summed E-state index contributed by atoms with van der Waals surface area (Å²) in [6.07, 6.45) is 1.85. The largest absolute Gasteiger partial charge is 0.480 e. The minimum Gasteiger partial charge on any atom is -0.480 e. The fourth-order valence-electron chi connectivity index (χ4n) is 2.40. The van der Waals surface area contributed by atoms with E-state index in [4.69, 9.17) is 17.3 Å². The second kappa shape index (κ2) is 5.58. The van der Waals surface area contributed by atoms with Gasteiger partial charge in [0.15, 0.2) is 0 Å². The summed E-state index contributed by atoms with van der Waals surface area (Å²) < 4.78 is 0.279. The van der Waals surface area contributed by atoms with Crippen LogP contribution in [0.3, 0.4) is 0 Å². The Balaban J connectivity index is 2.05. The van der Waals surface area contributed by atoms with Gasteiger partial charge in [-0.2, -0.15) is 0 Å². The summed E-state index contributed by atoms with van der Waals surface area (Å²) >= 11 is 6.27. The summed E-state index contributed by atoms with van der Waals surface area (Å²) in [6.45, 7) is 1.44. The van der Waals surface area contributed by atoms with Crippen molar-refractivity contribution in [3.8, 4) is 0 Å². The lowest BCUT2D eigenvalue weighted by atomic mass is 10.1. The van der Waals surface area contributed by atoms with Crippen molar-refractivity contribution in [2.75, 3.05) is 6.54 Å². The van der Waals surface area contributed by atoms with E-state index in [2.05, 4.69) is 4.98 Å². The predicted octanol–water partition coefficient (Wildman–Crippen LogP) is 2.84. The first-order valence-electron chi connectivity index (χ1n) is 6.52. The Bertz CT molecular complexity index is 838. The molecule has 0 unspecified atom stereocenters. The van der Waals surface area contributed by atoms with Crippen molar-refractivity contribution in [2.24, 2.45) is 0 Å². The number of nitrogens with one attached hydrogen (secondary N) is 1. The molecule has 1 aliphatic heterocycles. The Labute approximate surface area is 136 Å².